The van der Waals surface area contributed by atoms with Gasteiger partial charge >= 0.3 is 0 Å². The SMILES string of the molecule is COc1cccc(OC)c1-n1c(CS(=O)(=O)[C@H]2C[C@@H](C(=O)N3CCC3)CN(c3ncc(F)cn3)C2)nnc1-c1ccc(C)o1. The monoisotopic (exact) mass is 625 g/mol. The highest BCUT2D eigenvalue weighted by molar-refractivity contribution is 7.91. The minimum atomic E-state index is -3.98. The number of hydrogen-bond donors (Lipinski definition) is 0. The predicted octanol–water partition coefficient (Wildman–Crippen LogP) is 2.82. The number of likely N-dealkylation sites (tertiary alicyclic amines) is 1. The van der Waals surface area contributed by atoms with E-state index in [1.54, 1.807) is 51.6 Å². The molecule has 0 unspecified atom stereocenters. The van der Waals surface area contributed by atoms with Gasteiger partial charge in [-0.2, -0.15) is 0 Å². The number of hydrogen-bond acceptors (Lipinski definition) is 11. The van der Waals surface area contributed by atoms with Gasteiger partial charge in [0, 0.05) is 26.2 Å². The molecule has 0 radical (unpaired) electrons. The van der Waals surface area contributed by atoms with Crippen LogP contribution in [0, 0.1) is 18.7 Å². The summed E-state index contributed by atoms with van der Waals surface area (Å²) in [5, 5.41) is 7.66. The van der Waals surface area contributed by atoms with Gasteiger partial charge in [0.25, 0.3) is 0 Å². The first kappa shape index (κ1) is 29.5. The average molecular weight is 626 g/mol. The molecule has 2 aliphatic rings. The van der Waals surface area contributed by atoms with Gasteiger partial charge in [-0.25, -0.2) is 22.8 Å². The third-order valence-corrected chi connectivity index (χ3v) is 9.99. The molecule has 3 aromatic heterocycles. The highest BCUT2D eigenvalue weighted by Crippen LogP contribution is 2.38. The van der Waals surface area contributed by atoms with E-state index >= 15 is 0 Å². The van der Waals surface area contributed by atoms with E-state index in [4.69, 9.17) is 13.9 Å². The van der Waals surface area contributed by atoms with Crippen LogP contribution in [-0.2, 0) is 20.4 Å². The van der Waals surface area contributed by atoms with Crippen LogP contribution in [0.3, 0.4) is 0 Å². The van der Waals surface area contributed by atoms with Crippen LogP contribution >= 0.6 is 0 Å². The predicted molar refractivity (Wildman–Crippen MR) is 157 cm³/mol. The van der Waals surface area contributed by atoms with Crippen molar-refractivity contribution in [2.45, 2.75) is 30.8 Å². The maximum absolute atomic E-state index is 14.2. The molecular weight excluding hydrogens is 593 g/mol. The van der Waals surface area contributed by atoms with Crippen LogP contribution in [0.15, 0.2) is 47.1 Å². The fourth-order valence-electron chi connectivity index (χ4n) is 5.63. The van der Waals surface area contributed by atoms with E-state index in [1.165, 1.54) is 14.2 Å². The lowest BCUT2D eigenvalue weighted by Crippen LogP contribution is -2.54. The fourth-order valence-corrected chi connectivity index (χ4v) is 7.34. The lowest BCUT2D eigenvalue weighted by atomic mass is 9.95. The largest absolute Gasteiger partial charge is 0.494 e. The molecule has 0 bridgehead atoms. The number of methoxy groups -OCH3 is 2. The fraction of sp³-hybridized carbons (Fsp3) is 0.414. The average Bonchev–Trinajstić information content (AvgIpc) is 3.61. The number of ether oxygens (including phenoxy) is 2. The summed E-state index contributed by atoms with van der Waals surface area (Å²) in [6.07, 6.45) is 3.07. The number of halogens is 1. The Kier molecular flexibility index (Phi) is 7.97. The zero-order chi connectivity index (χ0) is 31.0. The standard InChI is InChI=1S/C29H32FN7O6S/c1-18-8-9-24(43-18)27-34-33-25(37(27)26-22(41-2)6-4-7-23(26)42-3)17-44(39,40)21-12-19(28(38)35-10-5-11-35)15-36(16-21)29-31-13-20(30)14-32-29/h4,6-9,13-14,19,21H,5,10-12,15-17H2,1-3H3/t19-,21+/m1/s1. The molecule has 15 heteroatoms. The van der Waals surface area contributed by atoms with E-state index in [0.29, 0.717) is 41.8 Å². The van der Waals surface area contributed by atoms with Crippen LogP contribution in [0.2, 0.25) is 0 Å². The number of carbonyl (C=O) groups excluding carboxylic acids is 1. The Labute approximate surface area is 253 Å². The number of benzene rings is 1. The summed E-state index contributed by atoms with van der Waals surface area (Å²) >= 11 is 0. The summed E-state index contributed by atoms with van der Waals surface area (Å²) in [7, 11) is -0.979. The smallest absolute Gasteiger partial charge is 0.227 e. The number of furan rings is 1. The van der Waals surface area contributed by atoms with Crippen LogP contribution < -0.4 is 14.4 Å². The summed E-state index contributed by atoms with van der Waals surface area (Å²) in [6.45, 7) is 3.31. The van der Waals surface area contributed by atoms with Crippen LogP contribution in [0.25, 0.3) is 17.3 Å². The molecule has 2 aliphatic heterocycles. The molecule has 1 amide bonds. The first-order valence-electron chi connectivity index (χ1n) is 14.1. The molecule has 4 aromatic rings. The minimum absolute atomic E-state index is 0.0219. The van der Waals surface area contributed by atoms with Crippen molar-refractivity contribution >= 4 is 21.7 Å². The molecule has 2 fully saturated rings. The molecule has 13 nitrogen and oxygen atoms in total. The molecule has 232 valence electrons. The molecular formula is C29H32FN7O6S. The number of rotatable bonds is 9. The van der Waals surface area contributed by atoms with Gasteiger partial charge < -0.3 is 23.7 Å². The van der Waals surface area contributed by atoms with E-state index in [0.717, 1.165) is 18.8 Å². The van der Waals surface area contributed by atoms with Gasteiger partial charge in [-0.15, -0.1) is 10.2 Å². The first-order valence-corrected chi connectivity index (χ1v) is 15.9. The van der Waals surface area contributed by atoms with E-state index in [1.807, 2.05) is 0 Å². The number of sulfone groups is 1. The molecule has 2 atom stereocenters. The summed E-state index contributed by atoms with van der Waals surface area (Å²) in [5.41, 5.74) is 0.410. The zero-order valence-corrected chi connectivity index (χ0v) is 25.3. The van der Waals surface area contributed by atoms with Crippen LogP contribution in [0.1, 0.15) is 24.4 Å². The number of aryl methyl sites for hydroxylation is 1. The second-order valence-corrected chi connectivity index (χ2v) is 13.1. The Balaban J connectivity index is 1.40. The van der Waals surface area contributed by atoms with Crippen LogP contribution in [-0.4, -0.2) is 89.6 Å². The second kappa shape index (κ2) is 11.9. The Morgan fingerprint density at radius 3 is 2.34 bits per heavy atom. The van der Waals surface area contributed by atoms with E-state index in [-0.39, 0.29) is 43.0 Å². The number of amides is 1. The Morgan fingerprint density at radius 2 is 1.75 bits per heavy atom. The van der Waals surface area contributed by atoms with Gasteiger partial charge in [0.1, 0.15) is 28.7 Å². The molecule has 44 heavy (non-hydrogen) atoms. The topological polar surface area (TPSA) is 146 Å². The molecule has 0 N–H and O–H groups in total. The number of aromatic nitrogens is 5. The molecule has 0 saturated carbocycles. The molecule has 5 heterocycles. The third-order valence-electron chi connectivity index (χ3n) is 7.97. The summed E-state index contributed by atoms with van der Waals surface area (Å²) in [4.78, 5) is 24.8. The van der Waals surface area contributed by atoms with Crippen molar-refractivity contribution in [1.82, 2.24) is 29.6 Å². The van der Waals surface area contributed by atoms with Crippen LogP contribution in [0.5, 0.6) is 11.5 Å². The van der Waals surface area contributed by atoms with Crippen molar-refractivity contribution in [3.8, 4) is 28.8 Å². The van der Waals surface area contributed by atoms with Gasteiger partial charge in [0.05, 0.1) is 37.8 Å². The van der Waals surface area contributed by atoms with Crippen LogP contribution in [0.4, 0.5) is 10.3 Å². The van der Waals surface area contributed by atoms with Gasteiger partial charge in [-0.1, -0.05) is 6.07 Å². The molecule has 2 saturated heterocycles. The highest BCUT2D eigenvalue weighted by Gasteiger charge is 2.42. The maximum Gasteiger partial charge on any atom is 0.227 e. The van der Waals surface area contributed by atoms with Gasteiger partial charge in [-0.3, -0.25) is 9.36 Å². The number of para-hydroxylation sites is 1. The Morgan fingerprint density at radius 1 is 1.05 bits per heavy atom. The van der Waals surface area contributed by atoms with Crippen molar-refractivity contribution in [3.63, 3.8) is 0 Å². The van der Waals surface area contributed by atoms with Gasteiger partial charge in [0.15, 0.2) is 27.2 Å². The van der Waals surface area contributed by atoms with Gasteiger partial charge in [0.2, 0.25) is 17.7 Å². The van der Waals surface area contributed by atoms with Crippen molar-refractivity contribution in [3.05, 3.63) is 60.1 Å². The number of piperidine rings is 1. The maximum atomic E-state index is 14.2. The first-order chi connectivity index (χ1) is 21.2. The quantitative estimate of drug-likeness (QED) is 0.271. The van der Waals surface area contributed by atoms with Gasteiger partial charge in [-0.05, 0) is 44.0 Å². The van der Waals surface area contributed by atoms with Crippen molar-refractivity contribution in [2.75, 3.05) is 45.3 Å². The van der Waals surface area contributed by atoms with E-state index < -0.39 is 32.6 Å². The lowest BCUT2D eigenvalue weighted by molar-refractivity contribution is -0.139. The Bertz CT molecular complexity index is 1750. The van der Waals surface area contributed by atoms with Crippen molar-refractivity contribution < 1.29 is 31.5 Å². The molecule has 0 aliphatic carbocycles. The lowest BCUT2D eigenvalue weighted by Gasteiger charge is -2.40. The normalized spacial score (nSPS) is 18.6. The minimum Gasteiger partial charge on any atom is -0.494 e. The number of anilines is 1. The molecule has 6 rings (SSSR count). The van der Waals surface area contributed by atoms with E-state index in [9.17, 15) is 17.6 Å². The van der Waals surface area contributed by atoms with Crippen molar-refractivity contribution in [2.24, 2.45) is 5.92 Å². The Hall–Kier alpha value is -4.53. The van der Waals surface area contributed by atoms with Crippen molar-refractivity contribution in [1.29, 1.82) is 0 Å². The summed E-state index contributed by atoms with van der Waals surface area (Å²) in [6, 6.07) is 8.70. The summed E-state index contributed by atoms with van der Waals surface area (Å²) < 4.78 is 60.7. The molecule has 1 aromatic carbocycles. The van der Waals surface area contributed by atoms with E-state index in [2.05, 4.69) is 20.2 Å². The third kappa shape index (κ3) is 5.58. The second-order valence-electron chi connectivity index (χ2n) is 10.8. The number of carbonyl (C=O) groups is 1. The number of nitrogens with zero attached hydrogens (tertiary/aromatic N) is 7. The highest BCUT2D eigenvalue weighted by atomic mass is 32.2. The molecule has 0 spiro atoms. The summed E-state index contributed by atoms with van der Waals surface area (Å²) in [5.74, 6) is 0.528. The zero-order valence-electron chi connectivity index (χ0n) is 24.5.